The van der Waals surface area contributed by atoms with Crippen molar-refractivity contribution in [3.8, 4) is 11.5 Å². The Bertz CT molecular complexity index is 738. The molecule has 0 saturated carbocycles. The first kappa shape index (κ1) is 15.0. The number of rotatable bonds is 8. The molecule has 0 bridgehead atoms. The molecule has 24 heavy (non-hydrogen) atoms. The fourth-order valence-corrected chi connectivity index (χ4v) is 2.29. The topological polar surface area (TPSA) is 56.8 Å². The predicted molar refractivity (Wildman–Crippen MR) is 92.2 cm³/mol. The molecule has 0 aliphatic carbocycles. The van der Waals surface area contributed by atoms with Gasteiger partial charge in [0.15, 0.2) is 0 Å². The van der Waals surface area contributed by atoms with Gasteiger partial charge in [-0.3, -0.25) is 4.79 Å². The number of methoxy groups -OCH3 is 3. The van der Waals surface area contributed by atoms with Gasteiger partial charge < -0.3 is 19.5 Å². The molecular weight excluding hydrogens is 306 g/mol. The number of esters is 1. The molecule has 2 aromatic rings. The van der Waals surface area contributed by atoms with Crippen molar-refractivity contribution in [3.63, 3.8) is 0 Å². The lowest BCUT2D eigenvalue weighted by molar-refractivity contribution is -0.141. The molecule has 0 radical (unpaired) electrons. The molecule has 0 saturated heterocycles. The molecule has 0 aliphatic rings. The Labute approximate surface area is 145 Å². The smallest absolute Gasteiger partial charge is 0.307 e. The minimum Gasteiger partial charge on any atom is -0.497 e. The minimum atomic E-state index is -2.30. The average molecular weight is 331 g/mol. The first-order valence-corrected chi connectivity index (χ1v) is 7.51. The second-order valence-corrected chi connectivity index (χ2v) is 5.04. The SMILES string of the molecule is [2H]C([2H])(C(=O)OC)C(NCc1ccccc1)c1ccc(OC)cc1OC. The van der Waals surface area contributed by atoms with Gasteiger partial charge in [-0.05, 0) is 11.6 Å². The van der Waals surface area contributed by atoms with Gasteiger partial charge in [0.05, 0.1) is 27.7 Å². The van der Waals surface area contributed by atoms with Crippen molar-refractivity contribution in [1.29, 1.82) is 0 Å². The predicted octanol–water partition coefficient (Wildman–Crippen LogP) is 3.10. The molecule has 2 aromatic carbocycles. The third kappa shape index (κ3) is 4.73. The maximum atomic E-state index is 12.1. The monoisotopic (exact) mass is 331 g/mol. The Balaban J connectivity index is 2.41. The third-order valence-electron chi connectivity index (χ3n) is 3.55. The van der Waals surface area contributed by atoms with E-state index in [1.54, 1.807) is 18.2 Å². The maximum absolute atomic E-state index is 12.1. The first-order chi connectivity index (χ1) is 12.4. The number of carbonyl (C=O) groups is 1. The van der Waals surface area contributed by atoms with Crippen LogP contribution in [0.5, 0.6) is 11.5 Å². The van der Waals surface area contributed by atoms with Crippen LogP contribution < -0.4 is 14.8 Å². The second-order valence-electron chi connectivity index (χ2n) is 5.04. The fourth-order valence-electron chi connectivity index (χ4n) is 2.29. The van der Waals surface area contributed by atoms with Crippen molar-refractivity contribution in [2.75, 3.05) is 21.3 Å². The van der Waals surface area contributed by atoms with E-state index in [9.17, 15) is 4.79 Å². The Morgan fingerprint density at radius 3 is 2.50 bits per heavy atom. The maximum Gasteiger partial charge on any atom is 0.307 e. The summed E-state index contributed by atoms with van der Waals surface area (Å²) in [5.41, 5.74) is 1.46. The standard InChI is InChI=1S/C19H23NO4/c1-22-15-9-10-16(18(11-15)23-2)17(12-19(21)24-3)20-13-14-7-5-4-6-8-14/h4-11,17,20H,12-13H2,1-3H3/i12D2. The van der Waals surface area contributed by atoms with Crippen LogP contribution in [0.25, 0.3) is 0 Å². The zero-order valence-corrected chi connectivity index (χ0v) is 14.0. The number of benzene rings is 2. The van der Waals surface area contributed by atoms with Gasteiger partial charge in [0.1, 0.15) is 11.5 Å². The number of ether oxygens (including phenoxy) is 3. The Hall–Kier alpha value is -2.53. The van der Waals surface area contributed by atoms with Crippen LogP contribution in [-0.4, -0.2) is 27.3 Å². The Kier molecular flexibility index (Phi) is 5.59. The molecule has 0 heterocycles. The summed E-state index contributed by atoms with van der Waals surface area (Å²) in [6.45, 7) is 0.372. The van der Waals surface area contributed by atoms with Crippen LogP contribution in [-0.2, 0) is 16.1 Å². The molecule has 1 atom stereocenters. The van der Waals surface area contributed by atoms with Gasteiger partial charge in [0.2, 0.25) is 0 Å². The fraction of sp³-hybridized carbons (Fsp3) is 0.316. The van der Waals surface area contributed by atoms with Crippen LogP contribution in [0.4, 0.5) is 0 Å². The van der Waals surface area contributed by atoms with Gasteiger partial charge in [0, 0.05) is 27.0 Å². The van der Waals surface area contributed by atoms with Gasteiger partial charge in [0.25, 0.3) is 0 Å². The van der Waals surface area contributed by atoms with Crippen LogP contribution in [0.3, 0.4) is 0 Å². The van der Waals surface area contributed by atoms with E-state index < -0.39 is 18.4 Å². The number of carbonyl (C=O) groups excluding carboxylic acids is 1. The van der Waals surface area contributed by atoms with Crippen molar-refractivity contribution in [1.82, 2.24) is 5.32 Å². The van der Waals surface area contributed by atoms with Gasteiger partial charge in [-0.1, -0.05) is 36.4 Å². The summed E-state index contributed by atoms with van der Waals surface area (Å²) in [5.74, 6) is 0.0367. The molecular formula is C19H23NO4. The Morgan fingerprint density at radius 1 is 1.12 bits per heavy atom. The van der Waals surface area contributed by atoms with Crippen molar-refractivity contribution < 1.29 is 21.7 Å². The molecule has 0 fully saturated rings. The molecule has 0 amide bonds. The highest BCUT2D eigenvalue weighted by Gasteiger charge is 2.20. The third-order valence-corrected chi connectivity index (χ3v) is 3.55. The number of hydrogen-bond donors (Lipinski definition) is 1. The van der Waals surface area contributed by atoms with E-state index in [0.717, 1.165) is 5.56 Å². The van der Waals surface area contributed by atoms with Crippen LogP contribution in [0, 0.1) is 0 Å². The van der Waals surface area contributed by atoms with Crippen molar-refractivity contribution in [3.05, 3.63) is 59.7 Å². The number of nitrogens with one attached hydrogen (secondary N) is 1. The molecule has 0 spiro atoms. The molecule has 1 unspecified atom stereocenters. The van der Waals surface area contributed by atoms with Crippen molar-refractivity contribution in [2.24, 2.45) is 0 Å². The number of hydrogen-bond acceptors (Lipinski definition) is 5. The van der Waals surface area contributed by atoms with E-state index in [1.807, 2.05) is 30.3 Å². The van der Waals surface area contributed by atoms with E-state index in [2.05, 4.69) is 10.1 Å². The molecule has 0 aliphatic heterocycles. The van der Waals surface area contributed by atoms with Gasteiger partial charge in [-0.25, -0.2) is 0 Å². The molecule has 1 N–H and O–H groups in total. The van der Waals surface area contributed by atoms with Crippen molar-refractivity contribution >= 4 is 5.97 Å². The average Bonchev–Trinajstić information content (AvgIpc) is 2.68. The quantitative estimate of drug-likeness (QED) is 0.753. The summed E-state index contributed by atoms with van der Waals surface area (Å²) in [6, 6.07) is 13.6. The minimum absolute atomic E-state index is 0.372. The summed E-state index contributed by atoms with van der Waals surface area (Å²) < 4.78 is 31.9. The molecule has 0 aromatic heterocycles. The highest BCUT2D eigenvalue weighted by atomic mass is 16.5. The van der Waals surface area contributed by atoms with Gasteiger partial charge in [-0.2, -0.15) is 0 Å². The summed E-state index contributed by atoms with van der Waals surface area (Å²) >= 11 is 0. The van der Waals surface area contributed by atoms with Gasteiger partial charge in [-0.15, -0.1) is 0 Å². The highest BCUT2D eigenvalue weighted by Crippen LogP contribution is 2.31. The van der Waals surface area contributed by atoms with Crippen molar-refractivity contribution in [2.45, 2.75) is 19.0 Å². The zero-order valence-electron chi connectivity index (χ0n) is 16.0. The second kappa shape index (κ2) is 8.93. The van der Waals surface area contributed by atoms with E-state index in [0.29, 0.717) is 23.6 Å². The summed E-state index contributed by atoms with van der Waals surface area (Å²) in [7, 11) is 4.19. The van der Waals surface area contributed by atoms with E-state index >= 15 is 0 Å². The van der Waals surface area contributed by atoms with E-state index in [-0.39, 0.29) is 0 Å². The highest BCUT2D eigenvalue weighted by molar-refractivity contribution is 5.70. The summed E-state index contributed by atoms with van der Waals surface area (Å²) in [5, 5.41) is 3.12. The summed E-state index contributed by atoms with van der Waals surface area (Å²) in [6.07, 6.45) is -2.30. The lowest BCUT2D eigenvalue weighted by atomic mass is 10.0. The van der Waals surface area contributed by atoms with Crippen LogP contribution in [0.2, 0.25) is 0 Å². The van der Waals surface area contributed by atoms with Crippen LogP contribution >= 0.6 is 0 Å². The molecule has 2 rings (SSSR count). The van der Waals surface area contributed by atoms with Gasteiger partial charge >= 0.3 is 5.97 Å². The van der Waals surface area contributed by atoms with E-state index in [4.69, 9.17) is 12.2 Å². The van der Waals surface area contributed by atoms with Crippen LogP contribution in [0.15, 0.2) is 48.5 Å². The first-order valence-electron chi connectivity index (χ1n) is 8.51. The molecule has 128 valence electrons. The van der Waals surface area contributed by atoms with Crippen LogP contribution in [0.1, 0.15) is 26.3 Å². The molecule has 5 heteroatoms. The zero-order chi connectivity index (χ0) is 19.2. The lowest BCUT2D eigenvalue weighted by Gasteiger charge is -2.21. The Morgan fingerprint density at radius 2 is 1.88 bits per heavy atom. The van der Waals surface area contributed by atoms with E-state index in [1.165, 1.54) is 21.3 Å². The largest absolute Gasteiger partial charge is 0.497 e. The molecule has 5 nitrogen and oxygen atoms in total. The lowest BCUT2D eigenvalue weighted by Crippen LogP contribution is -2.24. The normalized spacial score (nSPS) is 13.5. The summed E-state index contributed by atoms with van der Waals surface area (Å²) in [4.78, 5) is 12.1.